The Hall–Kier alpha value is -2.41. The van der Waals surface area contributed by atoms with E-state index in [0.29, 0.717) is 25.3 Å². The Morgan fingerprint density at radius 3 is 2.83 bits per heavy atom. The second-order valence-electron chi connectivity index (χ2n) is 4.42. The summed E-state index contributed by atoms with van der Waals surface area (Å²) in [6.07, 6.45) is 1.78. The number of rotatable bonds is 8. The highest BCUT2D eigenvalue weighted by Gasteiger charge is 2.10. The molecule has 0 aliphatic carbocycles. The van der Waals surface area contributed by atoms with Crippen LogP contribution in [0.2, 0.25) is 0 Å². The van der Waals surface area contributed by atoms with E-state index in [4.69, 9.17) is 14.6 Å². The molecule has 1 aromatic rings. The number of hydrogen-bond donors (Lipinski definition) is 3. The molecule has 1 aromatic carbocycles. The molecule has 0 bridgehead atoms. The second-order valence-corrected chi connectivity index (χ2v) is 5.84. The van der Waals surface area contributed by atoms with E-state index in [1.54, 1.807) is 13.2 Å². The van der Waals surface area contributed by atoms with Gasteiger partial charge in [-0.05, 0) is 24.6 Å². The van der Waals surface area contributed by atoms with Crippen LogP contribution in [0.3, 0.4) is 0 Å². The Labute approximate surface area is 134 Å². The number of benzene rings is 1. The van der Waals surface area contributed by atoms with E-state index < -0.39 is 16.0 Å². The van der Waals surface area contributed by atoms with E-state index in [0.717, 1.165) is 6.20 Å². The lowest BCUT2D eigenvalue weighted by Gasteiger charge is -2.05. The van der Waals surface area contributed by atoms with Crippen LogP contribution in [0.4, 0.5) is 5.69 Å². The molecule has 0 spiro atoms. The second kappa shape index (κ2) is 8.89. The SMILES string of the molecule is COCCCNC(=O)/C(C#N)=C\Nc1cccc(S(=O)(=O)O)c1. The molecular weight excluding hydrogens is 322 g/mol. The number of nitriles is 1. The van der Waals surface area contributed by atoms with Gasteiger partial charge in [-0.2, -0.15) is 13.7 Å². The number of ether oxygens (including phenoxy) is 1. The molecule has 0 fully saturated rings. The minimum atomic E-state index is -4.32. The van der Waals surface area contributed by atoms with Crippen molar-refractivity contribution in [1.29, 1.82) is 5.26 Å². The molecule has 1 rings (SSSR count). The highest BCUT2D eigenvalue weighted by Crippen LogP contribution is 2.15. The van der Waals surface area contributed by atoms with Crippen LogP contribution in [-0.2, 0) is 19.6 Å². The maximum atomic E-state index is 11.8. The molecule has 0 aliphatic heterocycles. The van der Waals surface area contributed by atoms with Gasteiger partial charge in [0.15, 0.2) is 0 Å². The van der Waals surface area contributed by atoms with Crippen molar-refractivity contribution in [3.8, 4) is 6.07 Å². The minimum Gasteiger partial charge on any atom is -0.385 e. The van der Waals surface area contributed by atoms with Crippen LogP contribution in [0, 0.1) is 11.3 Å². The molecule has 124 valence electrons. The fourth-order valence-electron chi connectivity index (χ4n) is 1.56. The van der Waals surface area contributed by atoms with Gasteiger partial charge in [0.25, 0.3) is 16.0 Å². The number of carbonyl (C=O) groups is 1. The van der Waals surface area contributed by atoms with Gasteiger partial charge in [-0.1, -0.05) is 6.07 Å². The number of nitrogens with zero attached hydrogens (tertiary/aromatic N) is 1. The monoisotopic (exact) mass is 339 g/mol. The van der Waals surface area contributed by atoms with Gasteiger partial charge in [-0.25, -0.2) is 0 Å². The smallest absolute Gasteiger partial charge is 0.294 e. The Morgan fingerprint density at radius 1 is 1.48 bits per heavy atom. The third kappa shape index (κ3) is 6.48. The average molecular weight is 339 g/mol. The van der Waals surface area contributed by atoms with Crippen LogP contribution < -0.4 is 10.6 Å². The third-order valence-corrected chi connectivity index (χ3v) is 3.54. The summed E-state index contributed by atoms with van der Waals surface area (Å²) >= 11 is 0. The zero-order chi connectivity index (χ0) is 17.3. The van der Waals surface area contributed by atoms with Gasteiger partial charge in [0.1, 0.15) is 11.6 Å². The van der Waals surface area contributed by atoms with Crippen LogP contribution >= 0.6 is 0 Å². The summed E-state index contributed by atoms with van der Waals surface area (Å²) < 4.78 is 35.9. The average Bonchev–Trinajstić information content (AvgIpc) is 2.51. The van der Waals surface area contributed by atoms with Crippen molar-refractivity contribution in [2.75, 3.05) is 25.6 Å². The Morgan fingerprint density at radius 2 is 2.22 bits per heavy atom. The molecule has 0 atom stereocenters. The van der Waals surface area contributed by atoms with Gasteiger partial charge in [0.05, 0.1) is 4.90 Å². The molecule has 0 saturated carbocycles. The molecule has 8 nitrogen and oxygen atoms in total. The van der Waals surface area contributed by atoms with Crippen LogP contribution in [0.15, 0.2) is 40.9 Å². The van der Waals surface area contributed by atoms with Crippen LogP contribution in [0.25, 0.3) is 0 Å². The summed E-state index contributed by atoms with van der Waals surface area (Å²) in [5.74, 6) is -0.554. The minimum absolute atomic E-state index is 0.167. The predicted molar refractivity (Wildman–Crippen MR) is 83.1 cm³/mol. The molecular formula is C14H17N3O5S. The normalized spacial score (nSPS) is 11.6. The van der Waals surface area contributed by atoms with Crippen molar-refractivity contribution in [3.63, 3.8) is 0 Å². The number of hydrogen-bond acceptors (Lipinski definition) is 6. The standard InChI is InChI=1S/C14H17N3O5S/c1-22-7-3-6-16-14(18)11(9-15)10-17-12-4-2-5-13(8-12)23(19,20)21/h2,4-5,8,10,17H,3,6-7H2,1H3,(H,16,18)(H,19,20,21)/b11-10-. The first-order chi connectivity index (χ1) is 10.9. The van der Waals surface area contributed by atoms with Gasteiger partial charge in [-0.3, -0.25) is 9.35 Å². The highest BCUT2D eigenvalue weighted by molar-refractivity contribution is 7.85. The summed E-state index contributed by atoms with van der Waals surface area (Å²) in [6.45, 7) is 0.858. The molecule has 0 aliphatic rings. The zero-order valence-electron chi connectivity index (χ0n) is 12.4. The Balaban J connectivity index is 2.74. The zero-order valence-corrected chi connectivity index (χ0v) is 13.3. The van der Waals surface area contributed by atoms with Crippen molar-refractivity contribution in [3.05, 3.63) is 36.0 Å². The van der Waals surface area contributed by atoms with Crippen LogP contribution in [0.1, 0.15) is 6.42 Å². The van der Waals surface area contributed by atoms with Gasteiger partial charge in [0, 0.05) is 32.1 Å². The van der Waals surface area contributed by atoms with E-state index in [9.17, 15) is 13.2 Å². The van der Waals surface area contributed by atoms with Crippen molar-refractivity contribution in [2.24, 2.45) is 0 Å². The third-order valence-electron chi connectivity index (χ3n) is 2.69. The van der Waals surface area contributed by atoms with E-state index in [1.165, 1.54) is 24.3 Å². The highest BCUT2D eigenvalue weighted by atomic mass is 32.2. The van der Waals surface area contributed by atoms with E-state index in [-0.39, 0.29) is 10.5 Å². The van der Waals surface area contributed by atoms with Crippen molar-refractivity contribution in [2.45, 2.75) is 11.3 Å². The predicted octanol–water partition coefficient (Wildman–Crippen LogP) is 0.905. The molecule has 0 heterocycles. The van der Waals surface area contributed by atoms with Gasteiger partial charge >= 0.3 is 0 Å². The molecule has 1 amide bonds. The largest absolute Gasteiger partial charge is 0.385 e. The van der Waals surface area contributed by atoms with E-state index in [1.807, 2.05) is 0 Å². The van der Waals surface area contributed by atoms with Gasteiger partial charge < -0.3 is 15.4 Å². The lowest BCUT2D eigenvalue weighted by atomic mass is 10.2. The number of carbonyl (C=O) groups excluding carboxylic acids is 1. The number of methoxy groups -OCH3 is 1. The maximum absolute atomic E-state index is 11.8. The number of anilines is 1. The van der Waals surface area contributed by atoms with Crippen molar-refractivity contribution in [1.82, 2.24) is 5.32 Å². The summed E-state index contributed by atoms with van der Waals surface area (Å²) in [5, 5.41) is 14.2. The first kappa shape index (κ1) is 18.6. The summed E-state index contributed by atoms with van der Waals surface area (Å²) in [7, 11) is -2.77. The van der Waals surface area contributed by atoms with Crippen LogP contribution in [-0.4, -0.2) is 39.1 Å². The maximum Gasteiger partial charge on any atom is 0.294 e. The molecule has 0 aromatic heterocycles. The molecule has 0 radical (unpaired) electrons. The Kier molecular flexibility index (Phi) is 7.21. The quantitative estimate of drug-likeness (QED) is 0.278. The van der Waals surface area contributed by atoms with Crippen LogP contribution in [0.5, 0.6) is 0 Å². The van der Waals surface area contributed by atoms with Crippen molar-refractivity contribution < 1.29 is 22.5 Å². The fraction of sp³-hybridized carbons (Fsp3) is 0.286. The molecule has 0 unspecified atom stereocenters. The van der Waals surface area contributed by atoms with Gasteiger partial charge in [-0.15, -0.1) is 0 Å². The van der Waals surface area contributed by atoms with E-state index >= 15 is 0 Å². The fourth-order valence-corrected chi connectivity index (χ4v) is 2.09. The number of nitrogens with one attached hydrogen (secondary N) is 2. The molecule has 9 heteroatoms. The van der Waals surface area contributed by atoms with Gasteiger partial charge in [0.2, 0.25) is 0 Å². The number of amides is 1. The topological polar surface area (TPSA) is 129 Å². The van der Waals surface area contributed by atoms with Crippen molar-refractivity contribution >= 4 is 21.7 Å². The lowest BCUT2D eigenvalue weighted by molar-refractivity contribution is -0.117. The molecule has 3 N–H and O–H groups in total. The summed E-state index contributed by atoms with van der Waals surface area (Å²) in [6, 6.07) is 7.08. The summed E-state index contributed by atoms with van der Waals surface area (Å²) in [4.78, 5) is 11.5. The first-order valence-corrected chi connectivity index (χ1v) is 8.04. The summed E-state index contributed by atoms with van der Waals surface area (Å²) in [5.41, 5.74) is 0.139. The molecule has 0 saturated heterocycles. The Bertz CT molecular complexity index is 722. The molecule has 23 heavy (non-hydrogen) atoms. The lowest BCUT2D eigenvalue weighted by Crippen LogP contribution is -2.26. The van der Waals surface area contributed by atoms with E-state index in [2.05, 4.69) is 10.6 Å². The first-order valence-electron chi connectivity index (χ1n) is 6.60.